The highest BCUT2D eigenvalue weighted by Gasteiger charge is 1.91. The van der Waals surface area contributed by atoms with Crippen LogP contribution < -0.4 is 10.4 Å². The van der Waals surface area contributed by atoms with Gasteiger partial charge in [0.25, 0.3) is 0 Å². The van der Waals surface area contributed by atoms with Gasteiger partial charge in [0.05, 0.1) is 0 Å². The summed E-state index contributed by atoms with van der Waals surface area (Å²) in [6.07, 6.45) is 2.33. The molecule has 0 aliphatic heterocycles. The van der Waals surface area contributed by atoms with Gasteiger partial charge in [-0.15, -0.1) is 0 Å². The topological polar surface area (TPSA) is 29.4 Å². The van der Waals surface area contributed by atoms with Crippen LogP contribution in [0, 0.1) is 0 Å². The van der Waals surface area contributed by atoms with E-state index in [1.54, 1.807) is 7.05 Å². The Morgan fingerprint density at radius 2 is 1.93 bits per heavy atom. The van der Waals surface area contributed by atoms with Gasteiger partial charge in [0.1, 0.15) is 0 Å². The minimum atomic E-state index is 0.563. The molecular weight excluding hydrogens is 186 g/mol. The molecule has 0 saturated carbocycles. The van der Waals surface area contributed by atoms with Crippen LogP contribution in [-0.4, -0.2) is 19.5 Å². The van der Waals surface area contributed by atoms with Crippen molar-refractivity contribution in [3.05, 3.63) is 34.7 Å². The van der Waals surface area contributed by atoms with Gasteiger partial charge in [0.2, 0.25) is 0 Å². The lowest BCUT2D eigenvalue weighted by atomic mass is 10.1. The van der Waals surface area contributed by atoms with Gasteiger partial charge in [-0.3, -0.25) is 9.79 Å². The van der Waals surface area contributed by atoms with Crippen molar-refractivity contribution in [1.82, 2.24) is 0 Å². The predicted octanol–water partition coefficient (Wildman–Crippen LogP) is 1.17. The predicted molar refractivity (Wildman–Crippen MR) is 66.5 cm³/mol. The van der Waals surface area contributed by atoms with Crippen LogP contribution in [-0.2, 0) is 4.79 Å². The Kier molecular flexibility index (Phi) is 6.81. The molecule has 0 aliphatic rings. The number of benzene rings is 1. The van der Waals surface area contributed by atoms with E-state index >= 15 is 0 Å². The van der Waals surface area contributed by atoms with E-state index < -0.39 is 0 Å². The zero-order chi connectivity index (χ0) is 11.7. The van der Waals surface area contributed by atoms with E-state index in [2.05, 4.69) is 11.6 Å². The van der Waals surface area contributed by atoms with Crippen LogP contribution in [0.5, 0.6) is 0 Å². The molecule has 0 spiro atoms. The lowest BCUT2D eigenvalue weighted by Crippen LogP contribution is -2.25. The molecule has 0 atom stereocenters. The number of hydrogen-bond donors (Lipinski definition) is 0. The number of carbonyl (C=O) groups is 1. The summed E-state index contributed by atoms with van der Waals surface area (Å²) in [7, 11) is 1.63. The van der Waals surface area contributed by atoms with Gasteiger partial charge in [0.15, 0.2) is 6.29 Å². The van der Waals surface area contributed by atoms with Gasteiger partial charge < -0.3 is 0 Å². The molecule has 0 unspecified atom stereocenters. The number of aliphatic imine (C=N–C) groups is 1. The third-order valence-electron chi connectivity index (χ3n) is 1.72. The maximum Gasteiger partial charge on any atom is 0.152 e. The molecule has 1 aromatic rings. The summed E-state index contributed by atoms with van der Waals surface area (Å²) in [5.41, 5.74) is 0.563. The van der Waals surface area contributed by atoms with Crippen LogP contribution in [0.25, 0.3) is 12.2 Å². The molecule has 0 radical (unpaired) electrons. The highest BCUT2D eigenvalue weighted by molar-refractivity contribution is 6.26. The van der Waals surface area contributed by atoms with Gasteiger partial charge in [0, 0.05) is 18.8 Å². The Bertz CT molecular complexity index is 432. The molecule has 0 heterocycles. The Balaban J connectivity index is 0.000000921. The Morgan fingerprint density at radius 1 is 1.33 bits per heavy atom. The first-order valence-electron chi connectivity index (χ1n) is 4.95. The van der Waals surface area contributed by atoms with Crippen molar-refractivity contribution in [3.63, 3.8) is 0 Å². The standard InChI is InChI=1S/C11H11NO.C2H6/c1-9-5-3-4-6-11(9)10(8-13)7-12-2;1-2/h3-8H,1H2,2H3;1-2H3/b11-10+,12-7?;. The quantitative estimate of drug-likeness (QED) is 0.524. The van der Waals surface area contributed by atoms with Crippen molar-refractivity contribution in [2.75, 3.05) is 7.05 Å². The second kappa shape index (κ2) is 7.68. The summed E-state index contributed by atoms with van der Waals surface area (Å²) in [6, 6.07) is 7.48. The third kappa shape index (κ3) is 3.90. The number of carbonyl (C=O) groups excluding carboxylic acids is 1. The fourth-order valence-corrected chi connectivity index (χ4v) is 1.10. The molecule has 0 saturated heterocycles. The van der Waals surface area contributed by atoms with Gasteiger partial charge in [-0.25, -0.2) is 0 Å². The van der Waals surface area contributed by atoms with Crippen molar-refractivity contribution in [3.8, 4) is 0 Å². The number of hydrogen-bond acceptors (Lipinski definition) is 2. The molecule has 0 fully saturated rings. The summed E-state index contributed by atoms with van der Waals surface area (Å²) >= 11 is 0. The van der Waals surface area contributed by atoms with Crippen molar-refractivity contribution < 1.29 is 4.79 Å². The Morgan fingerprint density at radius 3 is 2.40 bits per heavy atom. The fraction of sp³-hybridized carbons (Fsp3) is 0.231. The molecule has 1 aromatic carbocycles. The molecular formula is C13H17NO. The molecule has 0 N–H and O–H groups in total. The monoisotopic (exact) mass is 203 g/mol. The summed E-state index contributed by atoms with van der Waals surface area (Å²) in [5.74, 6) is 0. The summed E-state index contributed by atoms with van der Waals surface area (Å²) < 4.78 is 0. The maximum atomic E-state index is 10.7. The van der Waals surface area contributed by atoms with Crippen molar-refractivity contribution >= 4 is 24.7 Å². The van der Waals surface area contributed by atoms with E-state index in [-0.39, 0.29) is 0 Å². The fourth-order valence-electron chi connectivity index (χ4n) is 1.10. The zero-order valence-corrected chi connectivity index (χ0v) is 9.53. The molecule has 0 aliphatic carbocycles. The normalized spacial score (nSPS) is 11.7. The summed E-state index contributed by atoms with van der Waals surface area (Å²) in [4.78, 5) is 14.5. The van der Waals surface area contributed by atoms with Crippen molar-refractivity contribution in [2.24, 2.45) is 4.99 Å². The number of aldehydes is 1. The average Bonchev–Trinajstić information content (AvgIpc) is 2.30. The van der Waals surface area contributed by atoms with Crippen LogP contribution in [0.4, 0.5) is 0 Å². The van der Waals surface area contributed by atoms with Gasteiger partial charge >= 0.3 is 0 Å². The molecule has 15 heavy (non-hydrogen) atoms. The smallest absolute Gasteiger partial charge is 0.152 e. The lowest BCUT2D eigenvalue weighted by molar-refractivity contribution is -0.103. The van der Waals surface area contributed by atoms with E-state index in [0.29, 0.717) is 5.57 Å². The van der Waals surface area contributed by atoms with Crippen LogP contribution >= 0.6 is 0 Å². The maximum absolute atomic E-state index is 10.7. The SMILES string of the molecule is C=c1cccc/c1=C(\C=O)C=NC.CC. The highest BCUT2D eigenvalue weighted by atomic mass is 16.1. The minimum absolute atomic E-state index is 0.563. The highest BCUT2D eigenvalue weighted by Crippen LogP contribution is 1.80. The minimum Gasteiger partial charge on any atom is -0.298 e. The first-order chi connectivity index (χ1) is 7.29. The van der Waals surface area contributed by atoms with E-state index in [0.717, 1.165) is 16.7 Å². The van der Waals surface area contributed by atoms with Gasteiger partial charge in [-0.2, -0.15) is 0 Å². The molecule has 2 heteroatoms. The second-order valence-electron chi connectivity index (χ2n) is 2.62. The average molecular weight is 203 g/mol. The number of rotatable bonds is 2. The second-order valence-corrected chi connectivity index (χ2v) is 2.62. The molecule has 2 nitrogen and oxygen atoms in total. The number of nitrogens with zero attached hydrogens (tertiary/aromatic N) is 1. The Hall–Kier alpha value is -1.70. The van der Waals surface area contributed by atoms with Crippen molar-refractivity contribution in [1.29, 1.82) is 0 Å². The van der Waals surface area contributed by atoms with Crippen LogP contribution in [0.1, 0.15) is 13.8 Å². The third-order valence-corrected chi connectivity index (χ3v) is 1.72. The Labute approximate surface area is 90.7 Å². The van der Waals surface area contributed by atoms with Crippen molar-refractivity contribution in [2.45, 2.75) is 13.8 Å². The first-order valence-corrected chi connectivity index (χ1v) is 4.95. The van der Waals surface area contributed by atoms with E-state index in [9.17, 15) is 4.79 Å². The molecule has 0 aromatic heterocycles. The van der Waals surface area contributed by atoms with Crippen LogP contribution in [0.2, 0.25) is 0 Å². The van der Waals surface area contributed by atoms with Gasteiger partial charge in [-0.1, -0.05) is 44.7 Å². The lowest BCUT2D eigenvalue weighted by Gasteiger charge is -1.91. The summed E-state index contributed by atoms with van der Waals surface area (Å²) in [5, 5.41) is 1.67. The summed E-state index contributed by atoms with van der Waals surface area (Å²) in [6.45, 7) is 7.83. The molecule has 80 valence electrons. The van der Waals surface area contributed by atoms with E-state index in [1.807, 2.05) is 38.1 Å². The first kappa shape index (κ1) is 13.3. The largest absolute Gasteiger partial charge is 0.298 e. The van der Waals surface area contributed by atoms with E-state index in [1.165, 1.54) is 6.21 Å². The van der Waals surface area contributed by atoms with E-state index in [4.69, 9.17) is 0 Å². The van der Waals surface area contributed by atoms with Crippen LogP contribution in [0.15, 0.2) is 29.3 Å². The van der Waals surface area contributed by atoms with Gasteiger partial charge in [-0.05, 0) is 10.4 Å². The zero-order valence-electron chi connectivity index (χ0n) is 9.53. The molecule has 1 rings (SSSR count). The van der Waals surface area contributed by atoms with Crippen LogP contribution in [0.3, 0.4) is 0 Å². The molecule has 0 amide bonds. The molecule has 0 bridgehead atoms.